The van der Waals surface area contributed by atoms with E-state index in [9.17, 15) is 13.2 Å². The summed E-state index contributed by atoms with van der Waals surface area (Å²) < 4.78 is 41.1. The van der Waals surface area contributed by atoms with E-state index in [4.69, 9.17) is 0 Å². The van der Waals surface area contributed by atoms with Crippen molar-refractivity contribution in [1.82, 2.24) is 14.8 Å². The average molecular weight is 295 g/mol. The molecule has 1 unspecified atom stereocenters. The normalized spacial score (nSPS) is 18.6. The van der Waals surface area contributed by atoms with Crippen LogP contribution in [0, 0.1) is 0 Å². The Hall–Kier alpha value is -1.85. The van der Waals surface area contributed by atoms with Gasteiger partial charge in [-0.25, -0.2) is 0 Å². The highest BCUT2D eigenvalue weighted by atomic mass is 19.4. The second kappa shape index (κ2) is 5.16. The minimum atomic E-state index is -4.34. The summed E-state index contributed by atoms with van der Waals surface area (Å²) in [7, 11) is 0. The van der Waals surface area contributed by atoms with Gasteiger partial charge in [0.05, 0.1) is 5.56 Å². The van der Waals surface area contributed by atoms with E-state index in [1.54, 1.807) is 6.07 Å². The van der Waals surface area contributed by atoms with Gasteiger partial charge in [0, 0.05) is 18.9 Å². The van der Waals surface area contributed by atoms with Gasteiger partial charge in [-0.15, -0.1) is 10.2 Å². The third kappa shape index (κ3) is 2.66. The Morgan fingerprint density at radius 1 is 1.24 bits per heavy atom. The lowest BCUT2D eigenvalue weighted by Gasteiger charge is -2.20. The van der Waals surface area contributed by atoms with Crippen LogP contribution in [0.1, 0.15) is 48.5 Å². The summed E-state index contributed by atoms with van der Waals surface area (Å²) in [6.07, 6.45) is -2.11. The minimum absolute atomic E-state index is 0.162. The molecule has 1 aromatic heterocycles. The van der Waals surface area contributed by atoms with Crippen LogP contribution < -0.4 is 0 Å². The first-order valence-electron chi connectivity index (χ1n) is 7.04. The van der Waals surface area contributed by atoms with Gasteiger partial charge in [-0.3, -0.25) is 0 Å². The molecule has 112 valence electrons. The summed E-state index contributed by atoms with van der Waals surface area (Å²) in [5.41, 5.74) is -0.343. The number of rotatable bonds is 2. The predicted molar refractivity (Wildman–Crippen MR) is 71.9 cm³/mol. The van der Waals surface area contributed by atoms with Crippen molar-refractivity contribution in [3.05, 3.63) is 47.0 Å². The Labute approximate surface area is 120 Å². The van der Waals surface area contributed by atoms with E-state index >= 15 is 0 Å². The van der Waals surface area contributed by atoms with Crippen LogP contribution in [0.2, 0.25) is 0 Å². The van der Waals surface area contributed by atoms with Crippen molar-refractivity contribution in [1.29, 1.82) is 0 Å². The molecule has 1 aliphatic heterocycles. The fourth-order valence-electron chi connectivity index (χ4n) is 2.89. The number of aromatic nitrogens is 3. The van der Waals surface area contributed by atoms with E-state index in [-0.39, 0.29) is 12.0 Å². The lowest BCUT2D eigenvalue weighted by molar-refractivity contribution is -0.138. The zero-order valence-electron chi connectivity index (χ0n) is 11.7. The molecule has 3 rings (SSSR count). The number of hydrogen-bond donors (Lipinski definition) is 0. The molecule has 0 saturated carbocycles. The van der Waals surface area contributed by atoms with Crippen molar-refractivity contribution in [2.24, 2.45) is 0 Å². The number of nitrogens with zero attached hydrogens (tertiary/aromatic N) is 3. The molecule has 2 aromatic rings. The van der Waals surface area contributed by atoms with Gasteiger partial charge in [0.1, 0.15) is 11.6 Å². The van der Waals surface area contributed by atoms with Crippen LogP contribution in [-0.4, -0.2) is 14.8 Å². The number of hydrogen-bond acceptors (Lipinski definition) is 2. The number of benzene rings is 1. The van der Waals surface area contributed by atoms with Crippen LogP contribution in [0.25, 0.3) is 0 Å². The summed E-state index contributed by atoms with van der Waals surface area (Å²) in [4.78, 5) is 0. The standard InChI is InChI=1S/C15H16F3N3/c1-10-5-4-8-21-13(19-20-14(10)21)9-11-6-2-3-7-12(11)15(16,17)18/h2-3,6-7,10H,4-5,8-9H2,1H3. The SMILES string of the molecule is CC1CCCn2c(Cc3ccccc3C(F)(F)F)nnc21. The summed E-state index contributed by atoms with van der Waals surface area (Å²) in [6, 6.07) is 5.66. The van der Waals surface area contributed by atoms with Crippen molar-refractivity contribution in [2.45, 2.75) is 44.8 Å². The third-order valence-corrected chi connectivity index (χ3v) is 3.99. The zero-order chi connectivity index (χ0) is 15.0. The molecule has 21 heavy (non-hydrogen) atoms. The topological polar surface area (TPSA) is 30.7 Å². The molecule has 3 nitrogen and oxygen atoms in total. The molecule has 0 amide bonds. The maximum absolute atomic E-state index is 13.0. The average Bonchev–Trinajstić information content (AvgIpc) is 2.83. The van der Waals surface area contributed by atoms with Crippen LogP contribution in [0.3, 0.4) is 0 Å². The first-order valence-corrected chi connectivity index (χ1v) is 7.04. The summed E-state index contributed by atoms with van der Waals surface area (Å²) in [5, 5.41) is 8.27. The number of halogens is 3. The molecule has 1 atom stereocenters. The zero-order valence-corrected chi connectivity index (χ0v) is 11.7. The highest BCUT2D eigenvalue weighted by Crippen LogP contribution is 2.33. The lowest BCUT2D eigenvalue weighted by atomic mass is 10.0. The number of fused-ring (bicyclic) bond motifs is 1. The van der Waals surface area contributed by atoms with E-state index in [0.29, 0.717) is 11.7 Å². The van der Waals surface area contributed by atoms with Crippen molar-refractivity contribution < 1.29 is 13.2 Å². The molecule has 0 radical (unpaired) electrons. The van der Waals surface area contributed by atoms with Gasteiger partial charge in [0.2, 0.25) is 0 Å². The van der Waals surface area contributed by atoms with E-state index in [1.807, 2.05) is 4.57 Å². The van der Waals surface area contributed by atoms with E-state index in [1.165, 1.54) is 12.1 Å². The quantitative estimate of drug-likeness (QED) is 0.844. The van der Waals surface area contributed by atoms with Crippen LogP contribution in [0.15, 0.2) is 24.3 Å². The third-order valence-electron chi connectivity index (χ3n) is 3.99. The van der Waals surface area contributed by atoms with E-state index in [0.717, 1.165) is 31.3 Å². The maximum atomic E-state index is 13.0. The fraction of sp³-hybridized carbons (Fsp3) is 0.467. The minimum Gasteiger partial charge on any atom is -0.314 e. The van der Waals surface area contributed by atoms with Gasteiger partial charge in [0.15, 0.2) is 0 Å². The first-order chi connectivity index (χ1) is 9.97. The molecule has 6 heteroatoms. The smallest absolute Gasteiger partial charge is 0.314 e. The monoisotopic (exact) mass is 295 g/mol. The van der Waals surface area contributed by atoms with Gasteiger partial charge >= 0.3 is 6.18 Å². The maximum Gasteiger partial charge on any atom is 0.416 e. The lowest BCUT2D eigenvalue weighted by Crippen LogP contribution is -2.17. The van der Waals surface area contributed by atoms with Crippen LogP contribution in [0.4, 0.5) is 13.2 Å². The second-order valence-electron chi connectivity index (χ2n) is 5.50. The van der Waals surface area contributed by atoms with Crippen molar-refractivity contribution in [2.75, 3.05) is 0 Å². The van der Waals surface area contributed by atoms with Gasteiger partial charge < -0.3 is 4.57 Å². The highest BCUT2D eigenvalue weighted by molar-refractivity contribution is 5.32. The van der Waals surface area contributed by atoms with Crippen LogP contribution in [-0.2, 0) is 19.1 Å². The molecule has 0 bridgehead atoms. The molecule has 1 aliphatic rings. The Morgan fingerprint density at radius 2 is 2.00 bits per heavy atom. The van der Waals surface area contributed by atoms with Crippen LogP contribution >= 0.6 is 0 Å². The molecule has 0 saturated heterocycles. The summed E-state index contributed by atoms with van der Waals surface area (Å²) >= 11 is 0. The molecule has 0 N–H and O–H groups in total. The van der Waals surface area contributed by atoms with Crippen LogP contribution in [0.5, 0.6) is 0 Å². The second-order valence-corrected chi connectivity index (χ2v) is 5.50. The Bertz CT molecular complexity index is 646. The first kappa shape index (κ1) is 14.1. The molecule has 0 aliphatic carbocycles. The summed E-state index contributed by atoms with van der Waals surface area (Å²) in [5.74, 6) is 1.83. The predicted octanol–water partition coefficient (Wildman–Crippen LogP) is 3.79. The van der Waals surface area contributed by atoms with Crippen molar-refractivity contribution in [3.8, 4) is 0 Å². The Kier molecular flexibility index (Phi) is 3.47. The van der Waals surface area contributed by atoms with Gasteiger partial charge in [-0.05, 0) is 24.5 Å². The van der Waals surface area contributed by atoms with Gasteiger partial charge in [0.25, 0.3) is 0 Å². The number of alkyl halides is 3. The Balaban J connectivity index is 1.95. The van der Waals surface area contributed by atoms with E-state index in [2.05, 4.69) is 17.1 Å². The van der Waals surface area contributed by atoms with Crippen molar-refractivity contribution in [3.63, 3.8) is 0 Å². The highest BCUT2D eigenvalue weighted by Gasteiger charge is 2.33. The van der Waals surface area contributed by atoms with E-state index < -0.39 is 11.7 Å². The molecule has 0 spiro atoms. The molecular formula is C15H16F3N3. The Morgan fingerprint density at radius 3 is 2.76 bits per heavy atom. The molecule has 2 heterocycles. The van der Waals surface area contributed by atoms with Crippen molar-refractivity contribution >= 4 is 0 Å². The molecular weight excluding hydrogens is 279 g/mol. The van der Waals surface area contributed by atoms with Gasteiger partial charge in [-0.1, -0.05) is 25.1 Å². The van der Waals surface area contributed by atoms with Gasteiger partial charge in [-0.2, -0.15) is 13.2 Å². The summed E-state index contributed by atoms with van der Waals surface area (Å²) in [6.45, 7) is 2.86. The largest absolute Gasteiger partial charge is 0.416 e. The molecule has 1 aromatic carbocycles. The fourth-order valence-corrected chi connectivity index (χ4v) is 2.89. The molecule has 0 fully saturated rings.